The molecular weight excluding hydrogens is 404 g/mol. The molecule has 5 nitrogen and oxygen atoms in total. The van der Waals surface area contributed by atoms with Gasteiger partial charge in [-0.25, -0.2) is 0 Å². The molecule has 0 saturated heterocycles. The van der Waals surface area contributed by atoms with E-state index in [1.807, 2.05) is 30.4 Å². The fourth-order valence-electron chi connectivity index (χ4n) is 4.19. The van der Waals surface area contributed by atoms with Crippen LogP contribution >= 0.6 is 0 Å². The van der Waals surface area contributed by atoms with Crippen LogP contribution in [0.15, 0.2) is 119 Å². The standard InChI is InChI=1S/C27H28O5/c1-17-11-23(15-22-5-3-4-6-25(17)22)18(2)32-16-20-13-21-9-7-19(12-24(21)14-20)8-10-26(28)27(29,30)31/h3-7,9,11-15,24-26,28-31H,1-2,8,10,16H2/t24?,25?,26-/m1/s1. The summed E-state index contributed by atoms with van der Waals surface area (Å²) < 4.78 is 5.98. The van der Waals surface area contributed by atoms with Crippen LogP contribution in [0.25, 0.3) is 0 Å². The molecule has 166 valence electrons. The highest BCUT2D eigenvalue weighted by Gasteiger charge is 2.30. The second-order valence-electron chi connectivity index (χ2n) is 8.48. The Morgan fingerprint density at radius 2 is 1.78 bits per heavy atom. The monoisotopic (exact) mass is 432 g/mol. The summed E-state index contributed by atoms with van der Waals surface area (Å²) >= 11 is 0. The van der Waals surface area contributed by atoms with Crippen LogP contribution in [0.3, 0.4) is 0 Å². The lowest BCUT2D eigenvalue weighted by Gasteiger charge is -2.24. The van der Waals surface area contributed by atoms with Crippen molar-refractivity contribution in [1.82, 2.24) is 0 Å². The van der Waals surface area contributed by atoms with Gasteiger partial charge in [0.05, 0.1) is 0 Å². The summed E-state index contributed by atoms with van der Waals surface area (Å²) in [5, 5.41) is 36.7. The minimum Gasteiger partial charge on any atom is -0.489 e. The highest BCUT2D eigenvalue weighted by atomic mass is 16.7. The fraction of sp³-hybridized carbons (Fsp3) is 0.259. The molecule has 4 aliphatic carbocycles. The molecule has 0 radical (unpaired) electrons. The molecule has 0 aromatic rings. The molecule has 0 bridgehead atoms. The van der Waals surface area contributed by atoms with Gasteiger partial charge in [-0.05, 0) is 47.3 Å². The predicted molar refractivity (Wildman–Crippen MR) is 124 cm³/mol. The quantitative estimate of drug-likeness (QED) is 0.349. The maximum Gasteiger partial charge on any atom is 0.302 e. The van der Waals surface area contributed by atoms with Crippen LogP contribution < -0.4 is 0 Å². The van der Waals surface area contributed by atoms with Crippen molar-refractivity contribution in [3.8, 4) is 0 Å². The zero-order valence-electron chi connectivity index (χ0n) is 17.8. The number of aliphatic hydroxyl groups excluding tert-OH is 1. The van der Waals surface area contributed by atoms with Gasteiger partial charge in [-0.2, -0.15) is 0 Å². The number of rotatable bonds is 8. The molecule has 5 heteroatoms. The molecule has 0 aromatic heterocycles. The third-order valence-electron chi connectivity index (χ3n) is 6.03. The van der Waals surface area contributed by atoms with Crippen molar-refractivity contribution in [3.05, 3.63) is 119 Å². The van der Waals surface area contributed by atoms with Crippen molar-refractivity contribution < 1.29 is 25.2 Å². The molecular formula is C27H28O5. The number of hydrogen-bond donors (Lipinski definition) is 4. The highest BCUT2D eigenvalue weighted by Crippen LogP contribution is 2.35. The Bertz CT molecular complexity index is 1070. The third kappa shape index (κ3) is 4.92. The van der Waals surface area contributed by atoms with E-state index in [2.05, 4.69) is 49.6 Å². The van der Waals surface area contributed by atoms with Gasteiger partial charge in [0.15, 0.2) is 0 Å². The predicted octanol–water partition coefficient (Wildman–Crippen LogP) is 3.43. The number of ether oxygens (including phenoxy) is 1. The van der Waals surface area contributed by atoms with Crippen molar-refractivity contribution in [1.29, 1.82) is 0 Å². The maximum absolute atomic E-state index is 9.59. The Morgan fingerprint density at radius 3 is 2.56 bits per heavy atom. The normalized spacial score (nSPS) is 24.6. The van der Waals surface area contributed by atoms with Gasteiger partial charge in [0.1, 0.15) is 18.5 Å². The van der Waals surface area contributed by atoms with E-state index in [0.29, 0.717) is 18.8 Å². The Hall–Kier alpha value is -2.96. The van der Waals surface area contributed by atoms with E-state index in [0.717, 1.165) is 27.9 Å². The van der Waals surface area contributed by atoms with Crippen molar-refractivity contribution in [2.24, 2.45) is 11.8 Å². The minimum absolute atomic E-state index is 0.0344. The average Bonchev–Trinajstić information content (AvgIpc) is 3.17. The Balaban J connectivity index is 1.34. The Labute approximate surface area is 188 Å². The average molecular weight is 433 g/mol. The van der Waals surface area contributed by atoms with Gasteiger partial charge in [0.2, 0.25) is 0 Å². The topological polar surface area (TPSA) is 90.2 Å². The summed E-state index contributed by atoms with van der Waals surface area (Å²) in [6.07, 6.45) is 21.4. The lowest BCUT2D eigenvalue weighted by Crippen LogP contribution is -2.41. The molecule has 0 aliphatic heterocycles. The summed E-state index contributed by atoms with van der Waals surface area (Å²) in [5.41, 5.74) is 6.29. The van der Waals surface area contributed by atoms with Crippen molar-refractivity contribution in [2.45, 2.75) is 24.9 Å². The van der Waals surface area contributed by atoms with Gasteiger partial charge in [-0.3, -0.25) is 0 Å². The van der Waals surface area contributed by atoms with Crippen molar-refractivity contribution in [2.75, 3.05) is 6.61 Å². The van der Waals surface area contributed by atoms with Gasteiger partial charge in [-0.15, -0.1) is 0 Å². The van der Waals surface area contributed by atoms with Gasteiger partial charge >= 0.3 is 5.97 Å². The first-order chi connectivity index (χ1) is 15.2. The lowest BCUT2D eigenvalue weighted by atomic mass is 9.82. The molecule has 4 rings (SSSR count). The summed E-state index contributed by atoms with van der Waals surface area (Å²) in [7, 11) is 0. The number of allylic oxidation sites excluding steroid dienone is 14. The van der Waals surface area contributed by atoms with E-state index in [9.17, 15) is 5.11 Å². The second-order valence-corrected chi connectivity index (χ2v) is 8.48. The van der Waals surface area contributed by atoms with Crippen LogP contribution in [0, 0.1) is 11.8 Å². The molecule has 0 fully saturated rings. The lowest BCUT2D eigenvalue weighted by molar-refractivity contribution is -0.355. The zero-order valence-corrected chi connectivity index (χ0v) is 17.8. The maximum atomic E-state index is 9.59. The van der Waals surface area contributed by atoms with Gasteiger partial charge in [-0.1, -0.05) is 73.4 Å². The third-order valence-corrected chi connectivity index (χ3v) is 6.03. The molecule has 2 unspecified atom stereocenters. The summed E-state index contributed by atoms with van der Waals surface area (Å²) in [4.78, 5) is 0. The van der Waals surface area contributed by atoms with E-state index < -0.39 is 12.1 Å². The van der Waals surface area contributed by atoms with Crippen molar-refractivity contribution >= 4 is 0 Å². The minimum atomic E-state index is -3.08. The van der Waals surface area contributed by atoms with Crippen LogP contribution in [0.4, 0.5) is 0 Å². The number of fused-ring (bicyclic) bond motifs is 2. The van der Waals surface area contributed by atoms with Gasteiger partial charge in [0.25, 0.3) is 0 Å². The Morgan fingerprint density at radius 1 is 1.00 bits per heavy atom. The first kappa shape index (κ1) is 22.2. The molecule has 0 aromatic carbocycles. The van der Waals surface area contributed by atoms with Crippen molar-refractivity contribution in [3.63, 3.8) is 0 Å². The largest absolute Gasteiger partial charge is 0.489 e. The summed E-state index contributed by atoms with van der Waals surface area (Å²) in [5.74, 6) is -2.14. The number of hydrogen-bond acceptors (Lipinski definition) is 5. The highest BCUT2D eigenvalue weighted by molar-refractivity contribution is 5.55. The van der Waals surface area contributed by atoms with Crippen LogP contribution in [-0.4, -0.2) is 39.1 Å². The SMILES string of the molecule is C=C(OCC1=CC2C=C(CC[C@@H](O)C(O)(O)O)C=CC2=C1)C1=CC(=C)C2C=CC=CC2=C1. The fourth-order valence-corrected chi connectivity index (χ4v) is 4.19. The first-order valence-corrected chi connectivity index (χ1v) is 10.7. The number of aliphatic hydroxyl groups is 4. The van der Waals surface area contributed by atoms with Gasteiger partial charge < -0.3 is 25.2 Å². The zero-order chi connectivity index (χ0) is 22.9. The second kappa shape index (κ2) is 8.88. The molecule has 0 saturated carbocycles. The van der Waals surface area contributed by atoms with E-state index >= 15 is 0 Å². The smallest absolute Gasteiger partial charge is 0.302 e. The van der Waals surface area contributed by atoms with E-state index in [4.69, 9.17) is 20.1 Å². The first-order valence-electron chi connectivity index (χ1n) is 10.7. The Kier molecular flexibility index (Phi) is 6.17. The van der Waals surface area contributed by atoms with Crippen LogP contribution in [-0.2, 0) is 4.74 Å². The molecule has 4 aliphatic rings. The van der Waals surface area contributed by atoms with E-state index in [-0.39, 0.29) is 18.3 Å². The summed E-state index contributed by atoms with van der Waals surface area (Å²) in [6, 6.07) is 0. The molecule has 0 heterocycles. The van der Waals surface area contributed by atoms with Crippen LogP contribution in [0.5, 0.6) is 0 Å². The molecule has 0 spiro atoms. The van der Waals surface area contributed by atoms with Crippen LogP contribution in [0.2, 0.25) is 0 Å². The molecule has 0 amide bonds. The van der Waals surface area contributed by atoms with Gasteiger partial charge in [0, 0.05) is 17.4 Å². The molecule has 32 heavy (non-hydrogen) atoms. The van der Waals surface area contributed by atoms with Crippen LogP contribution in [0.1, 0.15) is 12.8 Å². The molecule has 4 N–H and O–H groups in total. The van der Waals surface area contributed by atoms with E-state index in [1.165, 1.54) is 5.57 Å². The molecule has 3 atom stereocenters. The summed E-state index contributed by atoms with van der Waals surface area (Å²) in [6.45, 7) is 8.68. The van der Waals surface area contributed by atoms with E-state index in [1.54, 1.807) is 0 Å².